The van der Waals surface area contributed by atoms with Crippen LogP contribution in [0.25, 0.3) is 0 Å². The van der Waals surface area contributed by atoms with Crippen LogP contribution in [0.15, 0.2) is 41.3 Å². The molecule has 1 aromatic carbocycles. The highest BCUT2D eigenvalue weighted by molar-refractivity contribution is 7.89. The van der Waals surface area contributed by atoms with E-state index in [1.807, 2.05) is 12.1 Å². The zero-order valence-electron chi connectivity index (χ0n) is 15.0. The van der Waals surface area contributed by atoms with Crippen LogP contribution in [-0.2, 0) is 10.0 Å². The van der Waals surface area contributed by atoms with Gasteiger partial charge in [0.1, 0.15) is 4.90 Å². The van der Waals surface area contributed by atoms with E-state index in [0.717, 1.165) is 24.7 Å². The molecule has 0 radical (unpaired) electrons. The lowest BCUT2D eigenvalue weighted by Crippen LogP contribution is -2.49. The molecule has 3 heterocycles. The zero-order chi connectivity index (χ0) is 18.9. The van der Waals surface area contributed by atoms with Gasteiger partial charge in [-0.2, -0.15) is 4.31 Å². The van der Waals surface area contributed by atoms with Crippen molar-refractivity contribution < 1.29 is 8.42 Å². The van der Waals surface area contributed by atoms with Gasteiger partial charge in [-0.15, -0.1) is 10.2 Å². The summed E-state index contributed by atoms with van der Waals surface area (Å²) in [5.41, 5.74) is 0. The molecule has 0 unspecified atom stereocenters. The molecule has 2 saturated heterocycles. The fraction of sp³-hybridized carbons (Fsp3) is 0.444. The monoisotopic (exact) mass is 407 g/mol. The van der Waals surface area contributed by atoms with E-state index in [4.69, 9.17) is 11.6 Å². The fourth-order valence-electron chi connectivity index (χ4n) is 3.55. The molecular formula is C18H22ClN5O2S. The lowest BCUT2D eigenvalue weighted by Gasteiger charge is -2.34. The summed E-state index contributed by atoms with van der Waals surface area (Å²) in [7, 11) is -3.58. The quantitative estimate of drug-likeness (QED) is 0.774. The molecule has 7 nitrogen and oxygen atoms in total. The average molecular weight is 408 g/mol. The molecule has 0 aliphatic carbocycles. The van der Waals surface area contributed by atoms with E-state index < -0.39 is 10.0 Å². The minimum atomic E-state index is -3.58. The van der Waals surface area contributed by atoms with Crippen LogP contribution in [0.1, 0.15) is 12.8 Å². The van der Waals surface area contributed by atoms with Crippen molar-refractivity contribution in [3.63, 3.8) is 0 Å². The van der Waals surface area contributed by atoms with E-state index in [1.165, 1.54) is 17.1 Å². The van der Waals surface area contributed by atoms with Gasteiger partial charge in [0, 0.05) is 39.3 Å². The van der Waals surface area contributed by atoms with Crippen molar-refractivity contribution in [2.75, 3.05) is 49.1 Å². The Morgan fingerprint density at radius 3 is 1.89 bits per heavy atom. The van der Waals surface area contributed by atoms with Gasteiger partial charge in [-0.3, -0.25) is 0 Å². The predicted molar refractivity (Wildman–Crippen MR) is 106 cm³/mol. The van der Waals surface area contributed by atoms with Gasteiger partial charge in [-0.25, -0.2) is 8.42 Å². The first-order chi connectivity index (χ1) is 13.1. The first-order valence-corrected chi connectivity index (χ1v) is 11.0. The molecule has 144 valence electrons. The maximum atomic E-state index is 12.8. The number of piperazine rings is 1. The Morgan fingerprint density at radius 1 is 0.778 bits per heavy atom. The van der Waals surface area contributed by atoms with E-state index in [2.05, 4.69) is 20.0 Å². The number of sulfonamides is 1. The summed E-state index contributed by atoms with van der Waals surface area (Å²) in [5.74, 6) is 1.70. The van der Waals surface area contributed by atoms with Crippen molar-refractivity contribution in [2.45, 2.75) is 17.7 Å². The van der Waals surface area contributed by atoms with Crippen molar-refractivity contribution in [2.24, 2.45) is 0 Å². The standard InChI is InChI=1S/C18H22ClN5O2S/c19-15-5-1-2-6-16(15)27(25,26)24-13-11-23(12-14-24)18-8-7-17(20-21-18)22-9-3-4-10-22/h1-2,5-8H,3-4,9-14H2. The largest absolute Gasteiger partial charge is 0.355 e. The molecule has 2 aromatic rings. The molecule has 0 saturated carbocycles. The second-order valence-electron chi connectivity index (χ2n) is 6.77. The average Bonchev–Trinajstić information content (AvgIpc) is 3.23. The number of benzene rings is 1. The Balaban J connectivity index is 1.42. The number of anilines is 2. The third kappa shape index (κ3) is 3.74. The first-order valence-electron chi connectivity index (χ1n) is 9.14. The summed E-state index contributed by atoms with van der Waals surface area (Å²) in [6.07, 6.45) is 2.40. The van der Waals surface area contributed by atoms with Gasteiger partial charge in [0.25, 0.3) is 0 Å². The van der Waals surface area contributed by atoms with Crippen LogP contribution in [-0.4, -0.2) is 62.2 Å². The summed E-state index contributed by atoms with van der Waals surface area (Å²) in [5, 5.41) is 8.95. The minimum absolute atomic E-state index is 0.162. The number of aromatic nitrogens is 2. The lowest BCUT2D eigenvalue weighted by molar-refractivity contribution is 0.383. The maximum absolute atomic E-state index is 12.8. The molecule has 0 amide bonds. The van der Waals surface area contributed by atoms with Gasteiger partial charge in [-0.05, 0) is 37.1 Å². The number of hydrogen-bond donors (Lipinski definition) is 0. The Hall–Kier alpha value is -1.90. The SMILES string of the molecule is O=S(=O)(c1ccccc1Cl)N1CCN(c2ccc(N3CCCC3)nn2)CC1. The van der Waals surface area contributed by atoms with E-state index >= 15 is 0 Å². The van der Waals surface area contributed by atoms with Crippen LogP contribution >= 0.6 is 11.6 Å². The molecule has 2 aliphatic rings. The highest BCUT2D eigenvalue weighted by atomic mass is 35.5. The molecule has 0 N–H and O–H groups in total. The van der Waals surface area contributed by atoms with Gasteiger partial charge in [0.05, 0.1) is 5.02 Å². The van der Waals surface area contributed by atoms with E-state index in [9.17, 15) is 8.42 Å². The van der Waals surface area contributed by atoms with Crippen LogP contribution in [0.3, 0.4) is 0 Å². The number of rotatable bonds is 4. The van der Waals surface area contributed by atoms with E-state index in [-0.39, 0.29) is 9.92 Å². The van der Waals surface area contributed by atoms with Gasteiger partial charge < -0.3 is 9.80 Å². The molecule has 27 heavy (non-hydrogen) atoms. The van der Waals surface area contributed by atoms with Crippen LogP contribution in [0, 0.1) is 0 Å². The van der Waals surface area contributed by atoms with Crippen molar-refractivity contribution in [1.29, 1.82) is 0 Å². The summed E-state index contributed by atoms with van der Waals surface area (Å²) >= 11 is 6.08. The van der Waals surface area contributed by atoms with Crippen molar-refractivity contribution in [3.8, 4) is 0 Å². The molecular weight excluding hydrogens is 386 g/mol. The smallest absolute Gasteiger partial charge is 0.244 e. The van der Waals surface area contributed by atoms with Gasteiger partial charge in [-0.1, -0.05) is 23.7 Å². The second-order valence-corrected chi connectivity index (χ2v) is 9.08. The Labute approximate surface area is 164 Å². The topological polar surface area (TPSA) is 69.6 Å². The van der Waals surface area contributed by atoms with Crippen molar-refractivity contribution in [3.05, 3.63) is 41.4 Å². The van der Waals surface area contributed by atoms with E-state index in [1.54, 1.807) is 24.3 Å². The third-order valence-corrected chi connectivity index (χ3v) is 7.48. The zero-order valence-corrected chi connectivity index (χ0v) is 16.5. The number of nitrogens with zero attached hydrogens (tertiary/aromatic N) is 5. The van der Waals surface area contributed by atoms with Crippen LogP contribution < -0.4 is 9.80 Å². The summed E-state index contributed by atoms with van der Waals surface area (Å²) in [6.45, 7) is 3.99. The number of hydrogen-bond acceptors (Lipinski definition) is 6. The molecule has 0 spiro atoms. The van der Waals surface area contributed by atoms with Crippen molar-refractivity contribution in [1.82, 2.24) is 14.5 Å². The summed E-state index contributed by atoms with van der Waals surface area (Å²) < 4.78 is 27.1. The molecule has 0 bridgehead atoms. The fourth-order valence-corrected chi connectivity index (χ4v) is 5.47. The Bertz CT molecular complexity index is 892. The lowest BCUT2D eigenvalue weighted by atomic mass is 10.3. The minimum Gasteiger partial charge on any atom is -0.355 e. The van der Waals surface area contributed by atoms with Gasteiger partial charge in [0.2, 0.25) is 10.0 Å². The highest BCUT2D eigenvalue weighted by Gasteiger charge is 2.30. The Kier molecular flexibility index (Phi) is 5.21. The summed E-state index contributed by atoms with van der Waals surface area (Å²) in [4.78, 5) is 4.47. The number of halogens is 1. The van der Waals surface area contributed by atoms with E-state index in [0.29, 0.717) is 26.2 Å². The molecule has 4 rings (SSSR count). The van der Waals surface area contributed by atoms with Crippen LogP contribution in [0.4, 0.5) is 11.6 Å². The molecule has 0 atom stereocenters. The van der Waals surface area contributed by atoms with Crippen molar-refractivity contribution >= 4 is 33.3 Å². The maximum Gasteiger partial charge on any atom is 0.244 e. The molecule has 2 fully saturated rings. The van der Waals surface area contributed by atoms with Crippen LogP contribution in [0.5, 0.6) is 0 Å². The highest BCUT2D eigenvalue weighted by Crippen LogP contribution is 2.26. The third-order valence-electron chi connectivity index (χ3n) is 5.08. The molecule has 1 aromatic heterocycles. The molecule has 9 heteroatoms. The first kappa shape index (κ1) is 18.5. The predicted octanol–water partition coefficient (Wildman–Crippen LogP) is 2.24. The Morgan fingerprint density at radius 2 is 1.33 bits per heavy atom. The summed E-state index contributed by atoms with van der Waals surface area (Å²) in [6, 6.07) is 10.5. The molecule has 2 aliphatic heterocycles. The second kappa shape index (κ2) is 7.61. The normalized spacial score (nSPS) is 18.9. The van der Waals surface area contributed by atoms with Gasteiger partial charge >= 0.3 is 0 Å². The van der Waals surface area contributed by atoms with Gasteiger partial charge in [0.15, 0.2) is 11.6 Å². The van der Waals surface area contributed by atoms with Crippen LogP contribution in [0.2, 0.25) is 5.02 Å².